The molecule has 1 rings (SSSR count). The van der Waals surface area contributed by atoms with E-state index < -0.39 is 15.8 Å². The summed E-state index contributed by atoms with van der Waals surface area (Å²) in [6.07, 6.45) is 0.578. The molecule has 0 radical (unpaired) electrons. The lowest BCUT2D eigenvalue weighted by molar-refractivity contribution is 0.209. The minimum Gasteiger partial charge on any atom is -0.395 e. The average molecular weight is 297 g/mol. The van der Waals surface area contributed by atoms with Gasteiger partial charge in [0.15, 0.2) is 10.9 Å². The number of aliphatic hydroxyl groups is 2. The summed E-state index contributed by atoms with van der Waals surface area (Å²) in [6.45, 7) is 2.40. The third-order valence-electron chi connectivity index (χ3n) is 2.95. The van der Waals surface area contributed by atoms with E-state index in [4.69, 9.17) is 22.4 Å². The van der Waals surface area contributed by atoms with E-state index in [0.717, 1.165) is 0 Å². The first-order chi connectivity index (χ1) is 8.32. The zero-order valence-corrected chi connectivity index (χ0v) is 12.1. The molecule has 4 N–H and O–H groups in total. The molecular weight excluding hydrogens is 276 g/mol. The Morgan fingerprint density at radius 2 is 2.00 bits per heavy atom. The lowest BCUT2D eigenvalue weighted by Gasteiger charge is -2.30. The second-order valence-corrected chi connectivity index (χ2v) is 7.42. The van der Waals surface area contributed by atoms with Crippen molar-refractivity contribution in [2.45, 2.75) is 18.9 Å². The molecule has 18 heavy (non-hydrogen) atoms. The molecule has 106 valence electrons. The van der Waals surface area contributed by atoms with Crippen LogP contribution in [0.15, 0.2) is 0 Å². The Balaban J connectivity index is 2.60. The molecule has 2 atom stereocenters. The smallest absolute Gasteiger partial charge is 0.216 e. The molecule has 1 fully saturated rings. The molecule has 0 aromatic heterocycles. The normalized spacial score (nSPS) is 31.3. The Kier molecular flexibility index (Phi) is 5.47. The van der Waals surface area contributed by atoms with E-state index in [1.54, 1.807) is 4.90 Å². The molecule has 1 aliphatic heterocycles. The number of thiocarbonyl (C=S) groups is 1. The fourth-order valence-electron chi connectivity index (χ4n) is 2.02. The van der Waals surface area contributed by atoms with Crippen LogP contribution in [0, 0.1) is 0 Å². The maximum atomic E-state index is 11.6. The van der Waals surface area contributed by atoms with E-state index in [0.29, 0.717) is 24.6 Å². The number of aliphatic hydroxyl groups excluding tert-OH is 2. The van der Waals surface area contributed by atoms with Crippen molar-refractivity contribution >= 4 is 27.5 Å². The van der Waals surface area contributed by atoms with Crippen LogP contribution < -0.4 is 5.32 Å². The topological polar surface area (TPSA) is 93.0 Å². The van der Waals surface area contributed by atoms with Gasteiger partial charge < -0.3 is 20.4 Å². The highest BCUT2D eigenvalue weighted by Gasteiger charge is 2.47. The van der Waals surface area contributed by atoms with Gasteiger partial charge in [-0.05, 0) is 19.1 Å². The molecule has 0 spiro atoms. The van der Waals surface area contributed by atoms with Crippen molar-refractivity contribution in [3.05, 3.63) is 0 Å². The highest BCUT2D eigenvalue weighted by molar-refractivity contribution is 7.98. The summed E-state index contributed by atoms with van der Waals surface area (Å²) in [6, 6.07) is 0. The van der Waals surface area contributed by atoms with E-state index >= 15 is 0 Å². The molecule has 0 aromatic carbocycles. The van der Waals surface area contributed by atoms with E-state index in [2.05, 4.69) is 5.32 Å². The van der Waals surface area contributed by atoms with Crippen molar-refractivity contribution in [1.82, 2.24) is 10.2 Å². The second kappa shape index (κ2) is 6.25. The summed E-state index contributed by atoms with van der Waals surface area (Å²) in [5.74, 6) is 0.450. The standard InChI is InChI=1S/C10H20N2O4S2/c1-10(2-7-18(15,16)8-10)11-9(17)12(3-5-13)4-6-14/h13-14H,2-8H2,1H3,(H-,11,15,16,17)/p+1/t10-/m0/s1. The van der Waals surface area contributed by atoms with Gasteiger partial charge in [0.25, 0.3) is 0 Å². The van der Waals surface area contributed by atoms with Crippen molar-refractivity contribution in [3.63, 3.8) is 0 Å². The molecule has 1 unspecified atom stereocenters. The van der Waals surface area contributed by atoms with Gasteiger partial charge in [0, 0.05) is 19.5 Å². The van der Waals surface area contributed by atoms with Crippen molar-refractivity contribution < 1.29 is 19.0 Å². The SMILES string of the molecule is C[C@]1(NC(=S)N(CCO)CCO)CC[S+](=O)(O)C1. The number of nitrogens with one attached hydrogen (secondary N) is 1. The van der Waals surface area contributed by atoms with E-state index in [1.807, 2.05) is 6.92 Å². The fraction of sp³-hybridized carbons (Fsp3) is 0.900. The summed E-state index contributed by atoms with van der Waals surface area (Å²) in [7, 11) is -2.74. The van der Waals surface area contributed by atoms with Crippen molar-refractivity contribution in [1.29, 1.82) is 0 Å². The zero-order chi connectivity index (χ0) is 13.8. The first-order valence-electron chi connectivity index (χ1n) is 5.83. The number of rotatable bonds is 5. The van der Waals surface area contributed by atoms with Gasteiger partial charge in [0.2, 0.25) is 10.2 Å². The lowest BCUT2D eigenvalue weighted by Crippen LogP contribution is -2.53. The summed E-state index contributed by atoms with van der Waals surface area (Å²) < 4.78 is 21.1. The van der Waals surface area contributed by atoms with E-state index in [-0.39, 0.29) is 24.7 Å². The van der Waals surface area contributed by atoms with Crippen LogP contribution in [0.4, 0.5) is 0 Å². The Bertz CT molecular complexity index is 347. The number of hydrogen-bond donors (Lipinski definition) is 4. The molecule has 0 bridgehead atoms. The van der Waals surface area contributed by atoms with Crippen LogP contribution in [0.25, 0.3) is 0 Å². The summed E-state index contributed by atoms with van der Waals surface area (Å²) in [4.78, 5) is 1.65. The molecule has 1 heterocycles. The van der Waals surface area contributed by atoms with Crippen molar-refractivity contribution in [2.24, 2.45) is 0 Å². The Morgan fingerprint density at radius 1 is 1.44 bits per heavy atom. The molecule has 0 aromatic rings. The first kappa shape index (κ1) is 15.8. The highest BCUT2D eigenvalue weighted by atomic mass is 32.3. The maximum Gasteiger partial charge on any atom is 0.216 e. The third kappa shape index (κ3) is 4.43. The van der Waals surface area contributed by atoms with E-state index in [1.165, 1.54) is 0 Å². The summed E-state index contributed by atoms with van der Waals surface area (Å²) in [5.41, 5.74) is -0.494. The zero-order valence-electron chi connectivity index (χ0n) is 10.5. The van der Waals surface area contributed by atoms with Gasteiger partial charge in [-0.3, -0.25) is 0 Å². The van der Waals surface area contributed by atoms with Crippen LogP contribution in [0.5, 0.6) is 0 Å². The van der Waals surface area contributed by atoms with Crippen LogP contribution >= 0.6 is 12.2 Å². The molecule has 1 aliphatic rings. The minimum absolute atomic E-state index is 0.0602. The monoisotopic (exact) mass is 297 g/mol. The molecule has 0 amide bonds. The lowest BCUT2D eigenvalue weighted by atomic mass is 10.0. The van der Waals surface area contributed by atoms with Crippen LogP contribution in [-0.4, -0.2) is 68.1 Å². The van der Waals surface area contributed by atoms with Crippen LogP contribution in [0.1, 0.15) is 13.3 Å². The highest BCUT2D eigenvalue weighted by Crippen LogP contribution is 2.26. The molecule has 6 nitrogen and oxygen atoms in total. The number of nitrogens with zero attached hydrogens (tertiary/aromatic N) is 1. The van der Waals surface area contributed by atoms with Crippen molar-refractivity contribution in [3.8, 4) is 0 Å². The van der Waals surface area contributed by atoms with Gasteiger partial charge in [0.1, 0.15) is 5.75 Å². The first-order valence-corrected chi connectivity index (χ1v) is 8.09. The van der Waals surface area contributed by atoms with Crippen LogP contribution in [0.3, 0.4) is 0 Å². The predicted octanol–water partition coefficient (Wildman–Crippen LogP) is -0.718. The average Bonchev–Trinajstić information content (AvgIpc) is 2.52. The van der Waals surface area contributed by atoms with Gasteiger partial charge in [-0.1, -0.05) is 4.21 Å². The summed E-state index contributed by atoms with van der Waals surface area (Å²) in [5, 5.41) is 21.3. The third-order valence-corrected chi connectivity index (χ3v) is 5.24. The Labute approximate surface area is 114 Å². The minimum atomic E-state index is -2.74. The predicted molar refractivity (Wildman–Crippen MR) is 74.9 cm³/mol. The second-order valence-electron chi connectivity index (χ2n) is 4.80. The van der Waals surface area contributed by atoms with Gasteiger partial charge >= 0.3 is 0 Å². The van der Waals surface area contributed by atoms with Crippen LogP contribution in [0.2, 0.25) is 0 Å². The van der Waals surface area contributed by atoms with Crippen molar-refractivity contribution in [2.75, 3.05) is 37.8 Å². The number of hydrogen-bond acceptors (Lipinski definition) is 4. The molecule has 1 saturated heterocycles. The van der Waals surface area contributed by atoms with Crippen LogP contribution in [-0.2, 0) is 14.4 Å². The largest absolute Gasteiger partial charge is 0.395 e. The Morgan fingerprint density at radius 3 is 2.39 bits per heavy atom. The molecule has 0 saturated carbocycles. The maximum absolute atomic E-state index is 11.6. The van der Waals surface area contributed by atoms with E-state index in [9.17, 15) is 8.76 Å². The van der Waals surface area contributed by atoms with Gasteiger partial charge in [-0.25, -0.2) is 0 Å². The fourth-order valence-corrected chi connectivity index (χ4v) is 4.57. The molecule has 8 heteroatoms. The summed E-state index contributed by atoms with van der Waals surface area (Å²) >= 11 is 5.21. The Hall–Kier alpha value is -0.280. The molecule has 0 aliphatic carbocycles. The van der Waals surface area contributed by atoms with Gasteiger partial charge in [0.05, 0.1) is 18.8 Å². The quantitative estimate of drug-likeness (QED) is 0.393. The molecular formula is C10H21N2O4S2+. The van der Waals surface area contributed by atoms with Gasteiger partial charge in [-0.15, -0.1) is 0 Å². The van der Waals surface area contributed by atoms with Gasteiger partial charge in [-0.2, -0.15) is 4.55 Å².